The first kappa shape index (κ1) is 13.7. The van der Waals surface area contributed by atoms with Crippen LogP contribution in [-0.2, 0) is 23.2 Å². The smallest absolute Gasteiger partial charge is 0.240 e. The van der Waals surface area contributed by atoms with Crippen LogP contribution in [0.25, 0.3) is 0 Å². The summed E-state index contributed by atoms with van der Waals surface area (Å²) in [6.45, 7) is -0.00844. The maximum Gasteiger partial charge on any atom is 0.240 e. The first-order valence-corrected chi connectivity index (χ1v) is 7.18. The van der Waals surface area contributed by atoms with Gasteiger partial charge in [0.2, 0.25) is 10.0 Å². The zero-order valence-electron chi connectivity index (χ0n) is 10.2. The quantitative estimate of drug-likeness (QED) is 0.857. The zero-order chi connectivity index (χ0) is 13.7. The van der Waals surface area contributed by atoms with E-state index >= 15 is 0 Å². The third-order valence-corrected chi connectivity index (χ3v) is 3.98. The summed E-state index contributed by atoms with van der Waals surface area (Å²) in [6.07, 6.45) is 3.23. The van der Waals surface area contributed by atoms with Crippen molar-refractivity contribution in [2.75, 3.05) is 0 Å². The third-order valence-electron chi connectivity index (χ3n) is 2.58. The Hall–Kier alpha value is -1.76. The van der Waals surface area contributed by atoms with Crippen LogP contribution >= 0.6 is 0 Å². The number of hydrogen-bond acceptors (Lipinski definition) is 4. The molecule has 0 spiro atoms. The number of nitrogens with one attached hydrogen (secondary N) is 1. The topological polar surface area (TPSA) is 79.3 Å². The molecule has 0 fully saturated rings. The third kappa shape index (κ3) is 3.60. The van der Waals surface area contributed by atoms with Gasteiger partial charge < -0.3 is 5.11 Å². The van der Waals surface area contributed by atoms with Crippen LogP contribution in [0.5, 0.6) is 0 Å². The van der Waals surface area contributed by atoms with Gasteiger partial charge >= 0.3 is 0 Å². The van der Waals surface area contributed by atoms with Gasteiger partial charge in [0.05, 0.1) is 11.5 Å². The van der Waals surface area contributed by atoms with Crippen molar-refractivity contribution in [3.05, 3.63) is 59.9 Å². The fraction of sp³-hybridized carbons (Fsp3) is 0.154. The molecule has 5 nitrogen and oxygen atoms in total. The second kappa shape index (κ2) is 5.92. The maximum atomic E-state index is 12.1. The molecule has 0 saturated heterocycles. The molecule has 2 aromatic rings. The van der Waals surface area contributed by atoms with E-state index in [2.05, 4.69) is 9.71 Å². The van der Waals surface area contributed by atoms with Crippen molar-refractivity contribution in [2.45, 2.75) is 18.0 Å². The van der Waals surface area contributed by atoms with E-state index in [4.69, 9.17) is 5.11 Å². The standard InChI is InChI=1S/C13H14N2O3S/c16-10-11-3-1-5-13(7-11)19(17,18)15-9-12-4-2-6-14-8-12/h1-8,15-16H,9-10H2. The Morgan fingerprint density at radius 3 is 2.63 bits per heavy atom. The van der Waals surface area contributed by atoms with Crippen molar-refractivity contribution in [3.8, 4) is 0 Å². The van der Waals surface area contributed by atoms with E-state index in [1.54, 1.807) is 36.7 Å². The van der Waals surface area contributed by atoms with E-state index in [1.165, 1.54) is 12.1 Å². The zero-order valence-corrected chi connectivity index (χ0v) is 11.0. The average Bonchev–Trinajstić information content (AvgIpc) is 2.46. The lowest BCUT2D eigenvalue weighted by Gasteiger charge is -2.07. The number of aliphatic hydroxyl groups is 1. The number of sulfonamides is 1. The first-order chi connectivity index (χ1) is 9.12. The summed E-state index contributed by atoms with van der Waals surface area (Å²) in [5.74, 6) is 0. The molecule has 0 aliphatic carbocycles. The summed E-state index contributed by atoms with van der Waals surface area (Å²) < 4.78 is 26.6. The van der Waals surface area contributed by atoms with E-state index in [9.17, 15) is 8.42 Å². The lowest BCUT2D eigenvalue weighted by Crippen LogP contribution is -2.23. The van der Waals surface area contributed by atoms with E-state index < -0.39 is 10.0 Å². The molecule has 0 bridgehead atoms. The number of nitrogens with zero attached hydrogens (tertiary/aromatic N) is 1. The molecule has 0 amide bonds. The van der Waals surface area contributed by atoms with Gasteiger partial charge in [-0.1, -0.05) is 18.2 Å². The number of aliphatic hydroxyl groups excluding tert-OH is 1. The predicted octanol–water partition coefficient (Wildman–Crippen LogP) is 1.05. The average molecular weight is 278 g/mol. The van der Waals surface area contributed by atoms with Crippen molar-refractivity contribution < 1.29 is 13.5 Å². The fourth-order valence-electron chi connectivity index (χ4n) is 1.58. The number of rotatable bonds is 5. The summed E-state index contributed by atoms with van der Waals surface area (Å²) in [5, 5.41) is 9.01. The molecule has 0 atom stereocenters. The molecule has 2 N–H and O–H groups in total. The number of benzene rings is 1. The normalized spacial score (nSPS) is 11.4. The van der Waals surface area contributed by atoms with Crippen LogP contribution in [0.4, 0.5) is 0 Å². The summed E-state index contributed by atoms with van der Waals surface area (Å²) in [5.41, 5.74) is 1.34. The van der Waals surface area contributed by atoms with Gasteiger partial charge in [0.1, 0.15) is 0 Å². The van der Waals surface area contributed by atoms with Gasteiger partial charge in [-0.25, -0.2) is 13.1 Å². The summed E-state index contributed by atoms with van der Waals surface area (Å²) in [4.78, 5) is 4.06. The molecule has 0 radical (unpaired) electrons. The minimum atomic E-state index is -3.58. The molecule has 6 heteroatoms. The van der Waals surface area contributed by atoms with Crippen molar-refractivity contribution in [3.63, 3.8) is 0 Å². The second-order valence-electron chi connectivity index (χ2n) is 3.99. The molecule has 19 heavy (non-hydrogen) atoms. The number of pyridine rings is 1. The predicted molar refractivity (Wildman–Crippen MR) is 70.6 cm³/mol. The van der Waals surface area contributed by atoms with Gasteiger partial charge in [-0.2, -0.15) is 0 Å². The maximum absolute atomic E-state index is 12.1. The van der Waals surface area contributed by atoms with E-state index in [-0.39, 0.29) is 18.0 Å². The highest BCUT2D eigenvalue weighted by atomic mass is 32.2. The van der Waals surface area contributed by atoms with Crippen molar-refractivity contribution in [1.82, 2.24) is 9.71 Å². The van der Waals surface area contributed by atoms with Crippen LogP contribution < -0.4 is 4.72 Å². The Balaban J connectivity index is 2.14. The summed E-state index contributed by atoms with van der Waals surface area (Å²) in [7, 11) is -3.58. The highest BCUT2D eigenvalue weighted by Gasteiger charge is 2.13. The summed E-state index contributed by atoms with van der Waals surface area (Å²) in [6, 6.07) is 9.75. The molecule has 1 heterocycles. The van der Waals surface area contributed by atoms with Crippen LogP contribution in [0, 0.1) is 0 Å². The van der Waals surface area contributed by atoms with Gasteiger partial charge in [0.25, 0.3) is 0 Å². The molecule has 0 aliphatic heterocycles. The van der Waals surface area contributed by atoms with Gasteiger partial charge in [-0.15, -0.1) is 0 Å². The Labute approximate surface area is 112 Å². The van der Waals surface area contributed by atoms with Gasteiger partial charge in [0.15, 0.2) is 0 Å². The van der Waals surface area contributed by atoms with E-state index in [1.807, 2.05) is 0 Å². The van der Waals surface area contributed by atoms with Crippen LogP contribution in [0.15, 0.2) is 53.7 Å². The summed E-state index contributed by atoms with van der Waals surface area (Å²) >= 11 is 0. The highest BCUT2D eigenvalue weighted by molar-refractivity contribution is 7.89. The molecule has 1 aromatic carbocycles. The lowest BCUT2D eigenvalue weighted by molar-refractivity contribution is 0.281. The molecule has 1 aromatic heterocycles. The van der Waals surface area contributed by atoms with Crippen LogP contribution in [0.2, 0.25) is 0 Å². The Kier molecular flexibility index (Phi) is 4.26. The molecular formula is C13H14N2O3S. The lowest BCUT2D eigenvalue weighted by atomic mass is 10.2. The largest absolute Gasteiger partial charge is 0.392 e. The van der Waals surface area contributed by atoms with E-state index in [0.717, 1.165) is 5.56 Å². The van der Waals surface area contributed by atoms with Crippen molar-refractivity contribution >= 4 is 10.0 Å². The Morgan fingerprint density at radius 2 is 1.95 bits per heavy atom. The molecule has 0 aliphatic rings. The second-order valence-corrected chi connectivity index (χ2v) is 5.76. The SMILES string of the molecule is O=S(=O)(NCc1cccnc1)c1cccc(CO)c1. The minimum Gasteiger partial charge on any atom is -0.392 e. The molecule has 2 rings (SSSR count). The van der Waals surface area contributed by atoms with Crippen LogP contribution in [0.1, 0.15) is 11.1 Å². The van der Waals surface area contributed by atoms with Crippen LogP contribution in [-0.4, -0.2) is 18.5 Å². The van der Waals surface area contributed by atoms with Crippen molar-refractivity contribution in [2.24, 2.45) is 0 Å². The van der Waals surface area contributed by atoms with Gasteiger partial charge in [0, 0.05) is 18.9 Å². The highest BCUT2D eigenvalue weighted by Crippen LogP contribution is 2.12. The van der Waals surface area contributed by atoms with E-state index in [0.29, 0.717) is 5.56 Å². The molecule has 100 valence electrons. The van der Waals surface area contributed by atoms with Crippen LogP contribution in [0.3, 0.4) is 0 Å². The molecule has 0 saturated carbocycles. The molecular weight excluding hydrogens is 264 g/mol. The van der Waals surface area contributed by atoms with Gasteiger partial charge in [-0.3, -0.25) is 4.98 Å². The monoisotopic (exact) mass is 278 g/mol. The Bertz CT molecular complexity index is 642. The number of hydrogen-bond donors (Lipinski definition) is 2. The number of aromatic nitrogens is 1. The molecule has 0 unspecified atom stereocenters. The first-order valence-electron chi connectivity index (χ1n) is 5.70. The van der Waals surface area contributed by atoms with Gasteiger partial charge in [-0.05, 0) is 29.3 Å². The van der Waals surface area contributed by atoms with Crippen molar-refractivity contribution in [1.29, 1.82) is 0 Å². The fourth-order valence-corrected chi connectivity index (χ4v) is 2.66. The Morgan fingerprint density at radius 1 is 1.16 bits per heavy atom. The minimum absolute atomic E-state index is 0.142.